The van der Waals surface area contributed by atoms with E-state index in [1.54, 1.807) is 17.8 Å². The van der Waals surface area contributed by atoms with E-state index in [9.17, 15) is 4.79 Å². The number of primary amides is 1. The van der Waals surface area contributed by atoms with E-state index < -0.39 is 5.91 Å². The van der Waals surface area contributed by atoms with Crippen LogP contribution in [0.2, 0.25) is 0 Å². The van der Waals surface area contributed by atoms with Crippen molar-refractivity contribution in [3.63, 3.8) is 0 Å². The third kappa shape index (κ3) is 2.70. The SMILES string of the molecule is NC(=O)c1csc2c(N[C@@H]3CCNC3)nc(-c3ccncc3)nc12. The summed E-state index contributed by atoms with van der Waals surface area (Å²) in [6.07, 6.45) is 4.42. The zero-order chi connectivity index (χ0) is 16.5. The molecule has 0 unspecified atom stereocenters. The number of thiophene rings is 1. The molecule has 1 aliphatic heterocycles. The summed E-state index contributed by atoms with van der Waals surface area (Å²) in [7, 11) is 0. The Balaban J connectivity index is 1.87. The Kier molecular flexibility index (Phi) is 3.83. The van der Waals surface area contributed by atoms with Gasteiger partial charge in [-0.05, 0) is 25.1 Å². The zero-order valence-corrected chi connectivity index (χ0v) is 13.6. The van der Waals surface area contributed by atoms with Crippen LogP contribution in [0.25, 0.3) is 21.6 Å². The molecule has 1 fully saturated rings. The van der Waals surface area contributed by atoms with Crippen LogP contribution in [0.15, 0.2) is 29.9 Å². The smallest absolute Gasteiger partial charge is 0.251 e. The third-order valence-corrected chi connectivity index (χ3v) is 5.00. The Morgan fingerprint density at radius 3 is 2.88 bits per heavy atom. The summed E-state index contributed by atoms with van der Waals surface area (Å²) in [5, 5.41) is 8.55. The first-order chi connectivity index (χ1) is 11.7. The third-order valence-electron chi connectivity index (χ3n) is 4.02. The lowest BCUT2D eigenvalue weighted by molar-refractivity contribution is 0.100. The minimum Gasteiger partial charge on any atom is -0.366 e. The maximum atomic E-state index is 11.7. The number of hydrogen-bond acceptors (Lipinski definition) is 7. The van der Waals surface area contributed by atoms with Crippen molar-refractivity contribution in [2.75, 3.05) is 18.4 Å². The molecule has 0 bridgehead atoms. The van der Waals surface area contributed by atoms with E-state index in [0.717, 1.165) is 35.6 Å². The van der Waals surface area contributed by atoms with Gasteiger partial charge < -0.3 is 16.4 Å². The number of amides is 1. The van der Waals surface area contributed by atoms with E-state index in [4.69, 9.17) is 5.73 Å². The Bertz CT molecular complexity index is 888. The molecule has 4 N–H and O–H groups in total. The number of carbonyl (C=O) groups excluding carboxylic acids is 1. The molecule has 24 heavy (non-hydrogen) atoms. The van der Waals surface area contributed by atoms with Crippen LogP contribution in [0, 0.1) is 0 Å². The molecule has 1 atom stereocenters. The van der Waals surface area contributed by atoms with Gasteiger partial charge in [0.2, 0.25) is 0 Å². The van der Waals surface area contributed by atoms with E-state index in [2.05, 4.69) is 25.6 Å². The molecular weight excluding hydrogens is 324 g/mol. The summed E-state index contributed by atoms with van der Waals surface area (Å²) in [5.74, 6) is 0.825. The van der Waals surface area contributed by atoms with Crippen LogP contribution in [0.4, 0.5) is 5.82 Å². The van der Waals surface area contributed by atoms with Crippen LogP contribution < -0.4 is 16.4 Å². The molecule has 7 nitrogen and oxygen atoms in total. The van der Waals surface area contributed by atoms with Gasteiger partial charge >= 0.3 is 0 Å². The van der Waals surface area contributed by atoms with Gasteiger partial charge in [0.15, 0.2) is 5.82 Å². The summed E-state index contributed by atoms with van der Waals surface area (Å²) in [4.78, 5) is 25.0. The molecule has 1 saturated heterocycles. The summed E-state index contributed by atoms with van der Waals surface area (Å²) >= 11 is 1.44. The molecule has 0 spiro atoms. The van der Waals surface area contributed by atoms with Crippen molar-refractivity contribution >= 4 is 33.3 Å². The number of pyridine rings is 1. The quantitative estimate of drug-likeness (QED) is 0.666. The standard InChI is InChI=1S/C16H16N6OS/c17-14(23)11-8-24-13-12(11)21-15(9-1-4-18-5-2-9)22-16(13)20-10-3-6-19-7-10/h1-2,4-5,8,10,19H,3,6-7H2,(H2,17,23)(H,20,21,22)/t10-/m1/s1. The lowest BCUT2D eigenvalue weighted by Gasteiger charge is -2.14. The van der Waals surface area contributed by atoms with Gasteiger partial charge in [-0.15, -0.1) is 11.3 Å². The predicted molar refractivity (Wildman–Crippen MR) is 94.1 cm³/mol. The molecule has 0 saturated carbocycles. The van der Waals surface area contributed by atoms with Gasteiger partial charge in [0, 0.05) is 35.9 Å². The van der Waals surface area contributed by atoms with Crippen LogP contribution in [0.3, 0.4) is 0 Å². The lowest BCUT2D eigenvalue weighted by atomic mass is 10.2. The van der Waals surface area contributed by atoms with E-state index in [1.807, 2.05) is 12.1 Å². The van der Waals surface area contributed by atoms with Crippen molar-refractivity contribution in [1.82, 2.24) is 20.3 Å². The number of nitrogens with one attached hydrogen (secondary N) is 2. The lowest BCUT2D eigenvalue weighted by Crippen LogP contribution is -2.23. The highest BCUT2D eigenvalue weighted by atomic mass is 32.1. The highest BCUT2D eigenvalue weighted by Crippen LogP contribution is 2.32. The molecule has 0 aromatic carbocycles. The largest absolute Gasteiger partial charge is 0.366 e. The van der Waals surface area contributed by atoms with E-state index >= 15 is 0 Å². The maximum absolute atomic E-state index is 11.7. The van der Waals surface area contributed by atoms with Crippen LogP contribution in [0.5, 0.6) is 0 Å². The Morgan fingerprint density at radius 1 is 1.33 bits per heavy atom. The minimum atomic E-state index is -0.478. The number of nitrogens with two attached hydrogens (primary N) is 1. The Morgan fingerprint density at radius 2 is 2.17 bits per heavy atom. The topological polar surface area (TPSA) is 106 Å². The summed E-state index contributed by atoms with van der Waals surface area (Å²) in [6, 6.07) is 4.00. The molecule has 3 aromatic heterocycles. The molecule has 4 rings (SSSR count). The van der Waals surface area contributed by atoms with Gasteiger partial charge in [0.05, 0.1) is 10.3 Å². The van der Waals surface area contributed by atoms with Crippen molar-refractivity contribution in [2.24, 2.45) is 5.73 Å². The van der Waals surface area contributed by atoms with E-state index in [1.165, 1.54) is 11.3 Å². The number of rotatable bonds is 4. The van der Waals surface area contributed by atoms with E-state index in [0.29, 0.717) is 22.9 Å². The van der Waals surface area contributed by atoms with Gasteiger partial charge in [-0.1, -0.05) is 0 Å². The number of anilines is 1. The van der Waals surface area contributed by atoms with Gasteiger partial charge in [0.25, 0.3) is 5.91 Å². The molecule has 0 radical (unpaired) electrons. The average molecular weight is 340 g/mol. The Hall–Kier alpha value is -2.58. The number of aromatic nitrogens is 3. The Labute approximate surface area is 142 Å². The van der Waals surface area contributed by atoms with Crippen molar-refractivity contribution in [3.8, 4) is 11.4 Å². The molecule has 122 valence electrons. The zero-order valence-electron chi connectivity index (χ0n) is 12.8. The second kappa shape index (κ2) is 6.14. The van der Waals surface area contributed by atoms with Gasteiger partial charge in [-0.25, -0.2) is 9.97 Å². The summed E-state index contributed by atoms with van der Waals surface area (Å²) in [5.41, 5.74) is 7.37. The van der Waals surface area contributed by atoms with Gasteiger partial charge in [-0.2, -0.15) is 0 Å². The first-order valence-corrected chi connectivity index (χ1v) is 8.57. The molecule has 3 aromatic rings. The number of hydrogen-bond donors (Lipinski definition) is 3. The molecule has 1 amide bonds. The minimum absolute atomic E-state index is 0.313. The molecule has 1 aliphatic rings. The number of fused-ring (bicyclic) bond motifs is 1. The van der Waals surface area contributed by atoms with Crippen LogP contribution in [-0.4, -0.2) is 40.0 Å². The molecular formula is C16H16N6OS. The average Bonchev–Trinajstić information content (AvgIpc) is 3.25. The number of nitrogens with zero attached hydrogens (tertiary/aromatic N) is 3. The highest BCUT2D eigenvalue weighted by Gasteiger charge is 2.20. The monoisotopic (exact) mass is 340 g/mol. The normalized spacial score (nSPS) is 17.2. The first-order valence-electron chi connectivity index (χ1n) is 7.69. The second-order valence-electron chi connectivity index (χ2n) is 5.66. The molecule has 0 aliphatic carbocycles. The van der Waals surface area contributed by atoms with Crippen molar-refractivity contribution < 1.29 is 4.79 Å². The van der Waals surface area contributed by atoms with Crippen LogP contribution in [0.1, 0.15) is 16.8 Å². The van der Waals surface area contributed by atoms with Crippen LogP contribution >= 0.6 is 11.3 Å². The molecule has 8 heteroatoms. The van der Waals surface area contributed by atoms with Gasteiger partial charge in [-0.3, -0.25) is 9.78 Å². The predicted octanol–water partition coefficient (Wildman–Crippen LogP) is 1.63. The van der Waals surface area contributed by atoms with Crippen molar-refractivity contribution in [1.29, 1.82) is 0 Å². The first kappa shape index (κ1) is 15.0. The molecule has 4 heterocycles. The summed E-state index contributed by atoms with van der Waals surface area (Å²) < 4.78 is 0.855. The fraction of sp³-hybridized carbons (Fsp3) is 0.250. The highest BCUT2D eigenvalue weighted by molar-refractivity contribution is 7.18. The summed E-state index contributed by atoms with van der Waals surface area (Å²) in [6.45, 7) is 1.88. The van der Waals surface area contributed by atoms with E-state index in [-0.39, 0.29) is 0 Å². The van der Waals surface area contributed by atoms with Crippen molar-refractivity contribution in [2.45, 2.75) is 12.5 Å². The fourth-order valence-electron chi connectivity index (χ4n) is 2.79. The van der Waals surface area contributed by atoms with Crippen LogP contribution in [-0.2, 0) is 0 Å². The van der Waals surface area contributed by atoms with Crippen molar-refractivity contribution in [3.05, 3.63) is 35.5 Å². The number of carbonyl (C=O) groups is 1. The maximum Gasteiger partial charge on any atom is 0.251 e. The fourth-order valence-corrected chi connectivity index (χ4v) is 3.74. The van der Waals surface area contributed by atoms with Gasteiger partial charge in [0.1, 0.15) is 11.3 Å². The second-order valence-corrected chi connectivity index (χ2v) is 6.54.